The van der Waals surface area contributed by atoms with Crippen molar-refractivity contribution >= 4 is 5.78 Å². The molecule has 1 aromatic carbocycles. The molecule has 20 heavy (non-hydrogen) atoms. The van der Waals surface area contributed by atoms with Gasteiger partial charge < -0.3 is 18.9 Å². The highest BCUT2D eigenvalue weighted by atomic mass is 16.5. The van der Waals surface area contributed by atoms with Gasteiger partial charge in [-0.05, 0) is 18.8 Å². The molecule has 2 aliphatic rings. The fraction of sp³-hybridized carbons (Fsp3) is 0.533. The van der Waals surface area contributed by atoms with E-state index in [1.807, 2.05) is 0 Å². The number of ketones is 1. The summed E-state index contributed by atoms with van der Waals surface area (Å²) in [6.07, 6.45) is 2.74. The van der Waals surface area contributed by atoms with Crippen molar-refractivity contribution in [1.82, 2.24) is 0 Å². The Morgan fingerprint density at radius 3 is 2.70 bits per heavy atom. The fourth-order valence-corrected chi connectivity index (χ4v) is 2.32. The SMILES string of the molecule is COc1cc2c(c(OC)c1OCC1CC1)C(=O)CCO2. The lowest BCUT2D eigenvalue weighted by Crippen LogP contribution is -2.17. The lowest BCUT2D eigenvalue weighted by atomic mass is 10.0. The maximum absolute atomic E-state index is 12.1. The molecule has 1 fully saturated rings. The standard InChI is InChI=1S/C15H18O5/c1-17-12-7-11-13(10(16)5-6-19-11)15(18-2)14(12)20-8-9-3-4-9/h7,9H,3-6,8H2,1-2H3. The molecule has 0 spiro atoms. The molecule has 5 nitrogen and oxygen atoms in total. The normalized spacial score (nSPS) is 17.2. The molecule has 1 aliphatic carbocycles. The third-order valence-electron chi connectivity index (χ3n) is 3.62. The Kier molecular flexibility index (Phi) is 3.42. The summed E-state index contributed by atoms with van der Waals surface area (Å²) < 4.78 is 22.1. The van der Waals surface area contributed by atoms with Crippen LogP contribution in [0.4, 0.5) is 0 Å². The van der Waals surface area contributed by atoms with Crippen LogP contribution in [-0.2, 0) is 0 Å². The van der Waals surface area contributed by atoms with E-state index in [1.54, 1.807) is 13.2 Å². The molecule has 1 heterocycles. The van der Waals surface area contributed by atoms with Gasteiger partial charge in [-0.25, -0.2) is 0 Å². The molecule has 1 saturated carbocycles. The third kappa shape index (κ3) is 2.28. The lowest BCUT2D eigenvalue weighted by Gasteiger charge is -2.22. The van der Waals surface area contributed by atoms with Crippen molar-refractivity contribution in [3.63, 3.8) is 0 Å². The molecule has 0 aromatic heterocycles. The predicted molar refractivity (Wildman–Crippen MR) is 72.2 cm³/mol. The fourth-order valence-electron chi connectivity index (χ4n) is 2.32. The van der Waals surface area contributed by atoms with Gasteiger partial charge in [-0.3, -0.25) is 4.79 Å². The first-order chi connectivity index (χ1) is 9.74. The van der Waals surface area contributed by atoms with Gasteiger partial charge >= 0.3 is 0 Å². The maximum atomic E-state index is 12.1. The lowest BCUT2D eigenvalue weighted by molar-refractivity contribution is 0.0927. The Morgan fingerprint density at radius 2 is 2.05 bits per heavy atom. The zero-order chi connectivity index (χ0) is 14.1. The minimum atomic E-state index is 0.0158. The van der Waals surface area contributed by atoms with Crippen molar-refractivity contribution in [2.24, 2.45) is 5.92 Å². The van der Waals surface area contributed by atoms with Crippen LogP contribution in [0.25, 0.3) is 0 Å². The van der Waals surface area contributed by atoms with E-state index in [4.69, 9.17) is 18.9 Å². The molecule has 108 valence electrons. The van der Waals surface area contributed by atoms with Crippen molar-refractivity contribution in [3.05, 3.63) is 11.6 Å². The molecule has 0 atom stereocenters. The van der Waals surface area contributed by atoms with Crippen LogP contribution in [0.5, 0.6) is 23.0 Å². The van der Waals surface area contributed by atoms with Gasteiger partial charge in [0.05, 0.1) is 27.4 Å². The highest BCUT2D eigenvalue weighted by molar-refractivity contribution is 6.03. The van der Waals surface area contributed by atoms with Crippen LogP contribution in [0.1, 0.15) is 29.6 Å². The monoisotopic (exact) mass is 278 g/mol. The highest BCUT2D eigenvalue weighted by Gasteiger charge is 2.30. The van der Waals surface area contributed by atoms with Gasteiger partial charge in [0.1, 0.15) is 11.3 Å². The van der Waals surface area contributed by atoms with E-state index in [-0.39, 0.29) is 5.78 Å². The van der Waals surface area contributed by atoms with E-state index in [2.05, 4.69) is 0 Å². The zero-order valence-electron chi connectivity index (χ0n) is 11.7. The first-order valence-electron chi connectivity index (χ1n) is 6.82. The second-order valence-electron chi connectivity index (χ2n) is 5.09. The number of ether oxygens (including phenoxy) is 4. The minimum absolute atomic E-state index is 0.0158. The van der Waals surface area contributed by atoms with Gasteiger partial charge in [0, 0.05) is 12.5 Å². The second kappa shape index (κ2) is 5.23. The molecule has 0 unspecified atom stereocenters. The molecule has 0 saturated heterocycles. The summed E-state index contributed by atoms with van der Waals surface area (Å²) in [7, 11) is 3.09. The minimum Gasteiger partial charge on any atom is -0.493 e. The summed E-state index contributed by atoms with van der Waals surface area (Å²) in [5, 5.41) is 0. The van der Waals surface area contributed by atoms with Crippen LogP contribution in [0.2, 0.25) is 0 Å². The van der Waals surface area contributed by atoms with E-state index in [0.29, 0.717) is 54.1 Å². The number of benzene rings is 1. The molecule has 1 aliphatic heterocycles. The van der Waals surface area contributed by atoms with Gasteiger partial charge in [-0.15, -0.1) is 0 Å². The first kappa shape index (κ1) is 13.1. The highest BCUT2D eigenvalue weighted by Crippen LogP contribution is 2.47. The van der Waals surface area contributed by atoms with Crippen LogP contribution in [0.15, 0.2) is 6.07 Å². The largest absolute Gasteiger partial charge is 0.493 e. The molecular formula is C15H18O5. The molecule has 5 heteroatoms. The molecule has 0 N–H and O–H groups in total. The second-order valence-corrected chi connectivity index (χ2v) is 5.09. The average Bonchev–Trinajstić information content (AvgIpc) is 3.28. The Labute approximate surface area is 117 Å². The first-order valence-corrected chi connectivity index (χ1v) is 6.82. The number of rotatable bonds is 5. The summed E-state index contributed by atoms with van der Waals surface area (Å²) in [4.78, 5) is 12.1. The van der Waals surface area contributed by atoms with E-state index in [1.165, 1.54) is 20.0 Å². The van der Waals surface area contributed by atoms with Gasteiger partial charge in [0.2, 0.25) is 5.75 Å². The number of fused-ring (bicyclic) bond motifs is 1. The van der Waals surface area contributed by atoms with Gasteiger partial charge in [-0.1, -0.05) is 0 Å². The van der Waals surface area contributed by atoms with Crippen molar-refractivity contribution in [3.8, 4) is 23.0 Å². The van der Waals surface area contributed by atoms with Gasteiger partial charge in [-0.2, -0.15) is 0 Å². The summed E-state index contributed by atoms with van der Waals surface area (Å²) in [5.74, 6) is 2.59. The molecule has 0 bridgehead atoms. The number of carbonyl (C=O) groups is 1. The zero-order valence-corrected chi connectivity index (χ0v) is 11.7. The number of hydrogen-bond donors (Lipinski definition) is 0. The third-order valence-corrected chi connectivity index (χ3v) is 3.62. The van der Waals surface area contributed by atoms with Crippen molar-refractivity contribution in [2.45, 2.75) is 19.3 Å². The molecule has 0 radical (unpaired) electrons. The average molecular weight is 278 g/mol. The van der Waals surface area contributed by atoms with E-state index < -0.39 is 0 Å². The number of hydrogen-bond acceptors (Lipinski definition) is 5. The van der Waals surface area contributed by atoms with Crippen molar-refractivity contribution in [2.75, 3.05) is 27.4 Å². The Hall–Kier alpha value is -1.91. The maximum Gasteiger partial charge on any atom is 0.204 e. The molecular weight excluding hydrogens is 260 g/mol. The Morgan fingerprint density at radius 1 is 1.25 bits per heavy atom. The quantitative estimate of drug-likeness (QED) is 0.828. The molecule has 0 amide bonds. The smallest absolute Gasteiger partial charge is 0.204 e. The predicted octanol–water partition coefficient (Wildman–Crippen LogP) is 2.46. The summed E-state index contributed by atoms with van der Waals surface area (Å²) in [6, 6.07) is 1.71. The van der Waals surface area contributed by atoms with Crippen molar-refractivity contribution < 1.29 is 23.7 Å². The van der Waals surface area contributed by atoms with E-state index >= 15 is 0 Å². The number of Topliss-reactive ketones (excluding diaryl/α,β-unsaturated/α-hetero) is 1. The Balaban J connectivity index is 2.04. The van der Waals surface area contributed by atoms with Gasteiger partial charge in [0.25, 0.3) is 0 Å². The molecule has 3 rings (SSSR count). The molecule has 1 aromatic rings. The number of methoxy groups -OCH3 is 2. The Bertz CT molecular complexity index is 534. The summed E-state index contributed by atoms with van der Waals surface area (Å²) in [6.45, 7) is 1.01. The van der Waals surface area contributed by atoms with Gasteiger partial charge in [0.15, 0.2) is 17.3 Å². The van der Waals surface area contributed by atoms with Crippen LogP contribution in [0.3, 0.4) is 0 Å². The number of carbonyl (C=O) groups excluding carboxylic acids is 1. The van der Waals surface area contributed by atoms with Crippen LogP contribution < -0.4 is 18.9 Å². The van der Waals surface area contributed by atoms with Crippen LogP contribution in [0, 0.1) is 5.92 Å². The summed E-state index contributed by atoms with van der Waals surface area (Å²) >= 11 is 0. The van der Waals surface area contributed by atoms with E-state index in [9.17, 15) is 4.79 Å². The topological polar surface area (TPSA) is 54.0 Å². The van der Waals surface area contributed by atoms with Crippen molar-refractivity contribution in [1.29, 1.82) is 0 Å². The van der Waals surface area contributed by atoms with Crippen LogP contribution >= 0.6 is 0 Å². The van der Waals surface area contributed by atoms with Crippen LogP contribution in [-0.4, -0.2) is 33.2 Å². The summed E-state index contributed by atoms with van der Waals surface area (Å²) in [5.41, 5.74) is 0.463. The van der Waals surface area contributed by atoms with E-state index in [0.717, 1.165) is 0 Å².